The first-order chi connectivity index (χ1) is 2.27. The minimum atomic E-state index is 0. The first-order valence-electron chi connectivity index (χ1n) is 2.06. The monoisotopic (exact) mass is 268 g/mol. The molecule has 0 saturated heterocycles. The summed E-state index contributed by atoms with van der Waals surface area (Å²) < 4.78 is 0. The summed E-state index contributed by atoms with van der Waals surface area (Å²) in [5.74, 6) is 0.773. The van der Waals surface area contributed by atoms with Crippen LogP contribution in [0.1, 0.15) is 20.3 Å². The van der Waals surface area contributed by atoms with Gasteiger partial charge in [-0.25, -0.2) is 0 Å². The van der Waals surface area contributed by atoms with Gasteiger partial charge in [-0.1, -0.05) is 19.8 Å². The molecule has 0 saturated carbocycles. The van der Waals surface area contributed by atoms with Crippen molar-refractivity contribution in [2.75, 3.05) is 0 Å². The van der Waals surface area contributed by atoms with Crippen molar-refractivity contribution in [1.29, 1.82) is 0 Å². The van der Waals surface area contributed by atoms with Crippen LogP contribution >= 0.6 is 0 Å². The molecule has 0 amide bonds. The molecule has 0 aromatic rings. The van der Waals surface area contributed by atoms with Crippen LogP contribution in [0.4, 0.5) is 0 Å². The van der Waals surface area contributed by atoms with E-state index in [0.717, 1.165) is 12.3 Å². The summed E-state index contributed by atoms with van der Waals surface area (Å²) >= 11 is 0. The van der Waals surface area contributed by atoms with Crippen molar-refractivity contribution < 1.29 is 22.4 Å². The van der Waals surface area contributed by atoms with E-state index < -0.39 is 0 Å². The molecular weight excluding hydrogens is 257 g/mol. The van der Waals surface area contributed by atoms with Crippen LogP contribution in [0.2, 0.25) is 0 Å². The van der Waals surface area contributed by atoms with Crippen molar-refractivity contribution in [2.24, 2.45) is 5.92 Å². The fourth-order valence-corrected chi connectivity index (χ4v) is 0. The summed E-state index contributed by atoms with van der Waals surface area (Å²) in [4.78, 5) is 0. The predicted molar refractivity (Wildman–Crippen MR) is 24.8 cm³/mol. The molecule has 0 aliphatic heterocycles. The van der Waals surface area contributed by atoms with Crippen molar-refractivity contribution in [3.8, 4) is 0 Å². The number of hydrogen-bond acceptors (Lipinski definition) is 0. The molecule has 6 heavy (non-hydrogen) atoms. The summed E-state index contributed by atoms with van der Waals surface area (Å²) in [5, 5.41) is 0. The Morgan fingerprint density at radius 2 is 1.67 bits per heavy atom. The van der Waals surface area contributed by atoms with Gasteiger partial charge in [-0.2, -0.15) is 6.42 Å². The smallest absolute Gasteiger partial charge is 0.343 e. The second kappa shape index (κ2) is 5.74. The molecule has 0 aliphatic rings. The van der Waals surface area contributed by atoms with E-state index in [4.69, 9.17) is 0 Å². The van der Waals surface area contributed by atoms with Crippen LogP contribution in [0.3, 0.4) is 0 Å². The van der Waals surface area contributed by atoms with E-state index in [2.05, 4.69) is 20.8 Å². The SMILES string of the molecule is [Au+].[CH2-]CC(C)C. The Bertz CT molecular complexity index is 17.9. The Morgan fingerprint density at radius 1 is 1.50 bits per heavy atom. The van der Waals surface area contributed by atoms with Gasteiger partial charge in [0.25, 0.3) is 0 Å². The third kappa shape index (κ3) is 8.83. The second-order valence-corrected chi connectivity index (χ2v) is 1.68. The van der Waals surface area contributed by atoms with Crippen LogP contribution in [-0.2, 0) is 22.4 Å². The van der Waals surface area contributed by atoms with E-state index in [-0.39, 0.29) is 22.4 Å². The Morgan fingerprint density at radius 3 is 1.67 bits per heavy atom. The van der Waals surface area contributed by atoms with Crippen LogP contribution in [0, 0.1) is 12.8 Å². The molecule has 1 heteroatoms. The largest absolute Gasteiger partial charge is 1.00 e. The van der Waals surface area contributed by atoms with E-state index in [0.29, 0.717) is 0 Å². The summed E-state index contributed by atoms with van der Waals surface area (Å²) in [6, 6.07) is 0. The molecular formula is C5H11Au. The van der Waals surface area contributed by atoms with Gasteiger partial charge in [-0.3, -0.25) is 0 Å². The summed E-state index contributed by atoms with van der Waals surface area (Å²) in [5.41, 5.74) is 0. The maximum atomic E-state index is 3.69. The summed E-state index contributed by atoms with van der Waals surface area (Å²) in [6.45, 7) is 8.00. The first-order valence-corrected chi connectivity index (χ1v) is 2.06. The summed E-state index contributed by atoms with van der Waals surface area (Å²) in [6.07, 6.45) is 1.06. The van der Waals surface area contributed by atoms with Crippen molar-refractivity contribution >= 4 is 0 Å². The third-order valence-corrected chi connectivity index (χ3v) is 0.577. The van der Waals surface area contributed by atoms with E-state index in [1.807, 2.05) is 0 Å². The van der Waals surface area contributed by atoms with Gasteiger partial charge in [0.1, 0.15) is 0 Å². The van der Waals surface area contributed by atoms with Gasteiger partial charge in [0.05, 0.1) is 0 Å². The molecule has 0 N–H and O–H groups in total. The number of hydrogen-bond donors (Lipinski definition) is 0. The Labute approximate surface area is 55.8 Å². The Kier molecular flexibility index (Phi) is 9.46. The maximum absolute atomic E-state index is 3.69. The average molecular weight is 268 g/mol. The van der Waals surface area contributed by atoms with Crippen LogP contribution in [0.25, 0.3) is 0 Å². The molecule has 0 heterocycles. The standard InChI is InChI=1S/C5H11.Au/c1-4-5(2)3;/h5H,1,4H2,2-3H3;/q-1;+1. The Hall–Kier alpha value is 0.740. The second-order valence-electron chi connectivity index (χ2n) is 1.68. The molecule has 0 fully saturated rings. The normalized spacial score (nSPS) is 8.00. The molecule has 42 valence electrons. The van der Waals surface area contributed by atoms with Gasteiger partial charge in [-0.05, 0) is 0 Å². The first kappa shape index (κ1) is 9.88. The quantitative estimate of drug-likeness (QED) is 0.503. The van der Waals surface area contributed by atoms with Gasteiger partial charge >= 0.3 is 22.4 Å². The number of rotatable bonds is 1. The van der Waals surface area contributed by atoms with Crippen LogP contribution < -0.4 is 0 Å². The van der Waals surface area contributed by atoms with Gasteiger partial charge in [0, 0.05) is 0 Å². The zero-order valence-corrected chi connectivity index (χ0v) is 6.46. The van der Waals surface area contributed by atoms with Crippen LogP contribution in [0.15, 0.2) is 0 Å². The van der Waals surface area contributed by atoms with Crippen molar-refractivity contribution in [3.63, 3.8) is 0 Å². The van der Waals surface area contributed by atoms with Gasteiger partial charge < -0.3 is 6.92 Å². The predicted octanol–water partition coefficient (Wildman–Crippen LogP) is 1.86. The molecule has 0 atom stereocenters. The maximum Gasteiger partial charge on any atom is 1.00 e. The third-order valence-electron chi connectivity index (χ3n) is 0.577. The molecule has 0 bridgehead atoms. The average Bonchev–Trinajstić information content (AvgIpc) is 1.38. The van der Waals surface area contributed by atoms with E-state index in [1.165, 1.54) is 0 Å². The minimum absolute atomic E-state index is 0. The van der Waals surface area contributed by atoms with Crippen molar-refractivity contribution in [2.45, 2.75) is 20.3 Å². The molecule has 0 spiro atoms. The molecule has 0 nitrogen and oxygen atoms in total. The van der Waals surface area contributed by atoms with Gasteiger partial charge in [0.15, 0.2) is 0 Å². The fourth-order valence-electron chi connectivity index (χ4n) is 0. The van der Waals surface area contributed by atoms with E-state index in [9.17, 15) is 0 Å². The van der Waals surface area contributed by atoms with E-state index >= 15 is 0 Å². The minimum Gasteiger partial charge on any atom is -0.343 e. The molecule has 0 aliphatic carbocycles. The molecule has 0 rings (SSSR count). The fraction of sp³-hybridized carbons (Fsp3) is 0.800. The molecule has 0 unspecified atom stereocenters. The van der Waals surface area contributed by atoms with Gasteiger partial charge in [0.2, 0.25) is 0 Å². The van der Waals surface area contributed by atoms with Crippen LogP contribution in [0.5, 0.6) is 0 Å². The van der Waals surface area contributed by atoms with E-state index in [1.54, 1.807) is 0 Å². The summed E-state index contributed by atoms with van der Waals surface area (Å²) in [7, 11) is 0. The zero-order valence-electron chi connectivity index (χ0n) is 4.29. The molecule has 0 aromatic carbocycles. The van der Waals surface area contributed by atoms with Crippen LogP contribution in [-0.4, -0.2) is 0 Å². The van der Waals surface area contributed by atoms with Crippen molar-refractivity contribution in [1.82, 2.24) is 0 Å². The van der Waals surface area contributed by atoms with Crippen molar-refractivity contribution in [3.05, 3.63) is 6.92 Å². The molecule has 0 radical (unpaired) electrons. The Balaban J connectivity index is 0. The van der Waals surface area contributed by atoms with Gasteiger partial charge in [-0.15, -0.1) is 0 Å². The topological polar surface area (TPSA) is 0 Å². The zero-order chi connectivity index (χ0) is 4.28. The molecule has 0 aromatic heterocycles.